The molecule has 2 heteroatoms. The van der Waals surface area contributed by atoms with Gasteiger partial charge in [-0.15, -0.1) is 13.2 Å². The molecule has 0 aliphatic rings. The van der Waals surface area contributed by atoms with E-state index in [1.165, 1.54) is 16.3 Å². The molecule has 2 rings (SSSR count). The van der Waals surface area contributed by atoms with Crippen LogP contribution in [0.2, 0.25) is 12.1 Å². The van der Waals surface area contributed by atoms with Crippen molar-refractivity contribution in [3.05, 3.63) is 73.3 Å². The number of rotatable bonds is 7. The lowest BCUT2D eigenvalue weighted by Gasteiger charge is -2.21. The van der Waals surface area contributed by atoms with Crippen molar-refractivity contribution in [3.63, 3.8) is 0 Å². The summed E-state index contributed by atoms with van der Waals surface area (Å²) in [6.45, 7) is 9.81. The molecule has 1 unspecified atom stereocenters. The van der Waals surface area contributed by atoms with Gasteiger partial charge in [-0.2, -0.15) is 0 Å². The average molecular weight is 282 g/mol. The van der Waals surface area contributed by atoms with Crippen molar-refractivity contribution >= 4 is 19.8 Å². The van der Waals surface area contributed by atoms with Gasteiger partial charge >= 0.3 is 0 Å². The normalized spacial score (nSPS) is 12.5. The fourth-order valence-corrected chi connectivity index (χ4v) is 4.43. The molecule has 0 spiro atoms. The molecule has 0 saturated heterocycles. The first-order valence-electron chi connectivity index (χ1n) is 7.11. The van der Waals surface area contributed by atoms with E-state index in [0.717, 1.165) is 12.1 Å². The minimum Gasteiger partial charge on any atom is -0.413 e. The first kappa shape index (κ1) is 14.8. The third kappa shape index (κ3) is 3.47. The monoisotopic (exact) mass is 282 g/mol. The fraction of sp³-hybridized carbons (Fsp3) is 0.222. The standard InChI is InChI=1S/C18H22OSi/c1-4-13-20(14-5-2)19-15(3)17-12-8-10-16-9-6-7-11-18(16)17/h4-12,15,20H,1-2,13-14H2,3H3. The molecule has 0 N–H and O–H groups in total. The van der Waals surface area contributed by atoms with E-state index in [-0.39, 0.29) is 6.10 Å². The zero-order valence-electron chi connectivity index (χ0n) is 12.1. The van der Waals surface area contributed by atoms with Crippen LogP contribution in [0.4, 0.5) is 0 Å². The van der Waals surface area contributed by atoms with E-state index in [4.69, 9.17) is 4.43 Å². The Morgan fingerprint density at radius 3 is 2.40 bits per heavy atom. The van der Waals surface area contributed by atoms with Crippen LogP contribution in [0.15, 0.2) is 67.8 Å². The summed E-state index contributed by atoms with van der Waals surface area (Å²) in [5, 5.41) is 2.55. The fourth-order valence-electron chi connectivity index (χ4n) is 2.55. The molecule has 1 nitrogen and oxygen atoms in total. The Balaban J connectivity index is 2.24. The van der Waals surface area contributed by atoms with Crippen LogP contribution in [-0.2, 0) is 4.43 Å². The SMILES string of the molecule is C=CC[SiH](CC=C)OC(C)c1cccc2ccccc12. The minimum absolute atomic E-state index is 0.123. The summed E-state index contributed by atoms with van der Waals surface area (Å²) in [4.78, 5) is 0. The molecular weight excluding hydrogens is 260 g/mol. The van der Waals surface area contributed by atoms with Crippen molar-refractivity contribution in [2.75, 3.05) is 0 Å². The van der Waals surface area contributed by atoms with Gasteiger partial charge in [0, 0.05) is 0 Å². The van der Waals surface area contributed by atoms with Gasteiger partial charge in [0.25, 0.3) is 0 Å². The second kappa shape index (κ2) is 7.22. The van der Waals surface area contributed by atoms with Crippen LogP contribution in [0.3, 0.4) is 0 Å². The van der Waals surface area contributed by atoms with Crippen molar-refractivity contribution < 1.29 is 4.43 Å². The molecular formula is C18H22OSi. The molecule has 0 amide bonds. The second-order valence-electron chi connectivity index (χ2n) is 5.02. The summed E-state index contributed by atoms with van der Waals surface area (Å²) in [6, 6.07) is 16.9. The van der Waals surface area contributed by atoms with Crippen molar-refractivity contribution in [2.24, 2.45) is 0 Å². The highest BCUT2D eigenvalue weighted by Gasteiger charge is 2.15. The summed E-state index contributed by atoms with van der Waals surface area (Å²) in [7, 11) is -1.28. The third-order valence-electron chi connectivity index (χ3n) is 3.52. The minimum atomic E-state index is -1.28. The van der Waals surface area contributed by atoms with Crippen molar-refractivity contribution in [3.8, 4) is 0 Å². The van der Waals surface area contributed by atoms with Crippen molar-refractivity contribution in [1.29, 1.82) is 0 Å². The van der Waals surface area contributed by atoms with Gasteiger partial charge in [-0.3, -0.25) is 0 Å². The molecule has 0 aliphatic carbocycles. The molecule has 0 fully saturated rings. The summed E-state index contributed by atoms with van der Waals surface area (Å²) >= 11 is 0. The van der Waals surface area contributed by atoms with Gasteiger partial charge < -0.3 is 4.43 Å². The number of hydrogen-bond donors (Lipinski definition) is 0. The molecule has 104 valence electrons. The summed E-state index contributed by atoms with van der Waals surface area (Å²) in [5.41, 5.74) is 1.27. The zero-order valence-corrected chi connectivity index (χ0v) is 13.2. The summed E-state index contributed by atoms with van der Waals surface area (Å²) in [5.74, 6) is 0. The van der Waals surface area contributed by atoms with Crippen LogP contribution in [0, 0.1) is 0 Å². The first-order chi connectivity index (χ1) is 9.76. The predicted molar refractivity (Wildman–Crippen MR) is 90.6 cm³/mol. The van der Waals surface area contributed by atoms with Gasteiger partial charge in [0.15, 0.2) is 9.04 Å². The Labute approximate surface area is 123 Å². The highest BCUT2D eigenvalue weighted by molar-refractivity contribution is 6.53. The Kier molecular flexibility index (Phi) is 5.33. The number of benzene rings is 2. The maximum Gasteiger partial charge on any atom is 0.185 e. The van der Waals surface area contributed by atoms with E-state index in [0.29, 0.717) is 0 Å². The summed E-state index contributed by atoms with van der Waals surface area (Å²) in [6.07, 6.45) is 4.06. The first-order valence-corrected chi connectivity index (χ1v) is 9.21. The lowest BCUT2D eigenvalue weighted by molar-refractivity contribution is 0.229. The van der Waals surface area contributed by atoms with E-state index in [1.807, 2.05) is 12.2 Å². The second-order valence-corrected chi connectivity index (χ2v) is 7.48. The third-order valence-corrected chi connectivity index (χ3v) is 6.03. The van der Waals surface area contributed by atoms with Crippen LogP contribution in [0.1, 0.15) is 18.6 Å². The van der Waals surface area contributed by atoms with Crippen LogP contribution >= 0.6 is 0 Å². The summed E-state index contributed by atoms with van der Waals surface area (Å²) < 4.78 is 6.32. The van der Waals surface area contributed by atoms with Crippen LogP contribution < -0.4 is 0 Å². The number of hydrogen-bond acceptors (Lipinski definition) is 1. The van der Waals surface area contributed by atoms with Gasteiger partial charge in [-0.1, -0.05) is 54.6 Å². The molecule has 0 saturated carbocycles. The van der Waals surface area contributed by atoms with E-state index < -0.39 is 9.04 Å². The van der Waals surface area contributed by atoms with Gasteiger partial charge in [0.1, 0.15) is 0 Å². The van der Waals surface area contributed by atoms with Crippen molar-refractivity contribution in [2.45, 2.75) is 25.1 Å². The molecule has 0 bridgehead atoms. The Morgan fingerprint density at radius 2 is 1.70 bits per heavy atom. The van der Waals surface area contributed by atoms with E-state index in [2.05, 4.69) is 62.5 Å². The van der Waals surface area contributed by atoms with Gasteiger partial charge in [-0.25, -0.2) is 0 Å². The highest BCUT2D eigenvalue weighted by atomic mass is 28.3. The Bertz CT molecular complexity index is 575. The maximum atomic E-state index is 6.32. The predicted octanol–water partition coefficient (Wildman–Crippen LogP) is 5.01. The molecule has 2 aromatic rings. The van der Waals surface area contributed by atoms with Crippen LogP contribution in [0.25, 0.3) is 10.8 Å². The lowest BCUT2D eigenvalue weighted by atomic mass is 10.0. The molecule has 0 radical (unpaired) electrons. The quantitative estimate of drug-likeness (QED) is 0.512. The largest absolute Gasteiger partial charge is 0.413 e. The van der Waals surface area contributed by atoms with E-state index in [1.54, 1.807) is 0 Å². The molecule has 0 aromatic heterocycles. The van der Waals surface area contributed by atoms with Crippen LogP contribution in [0.5, 0.6) is 0 Å². The van der Waals surface area contributed by atoms with Gasteiger partial charge in [0.2, 0.25) is 0 Å². The number of allylic oxidation sites excluding steroid dienone is 2. The topological polar surface area (TPSA) is 9.23 Å². The molecule has 0 heterocycles. The highest BCUT2D eigenvalue weighted by Crippen LogP contribution is 2.27. The van der Waals surface area contributed by atoms with Gasteiger partial charge in [-0.05, 0) is 35.3 Å². The molecule has 0 aliphatic heterocycles. The number of fused-ring (bicyclic) bond motifs is 1. The van der Waals surface area contributed by atoms with Crippen LogP contribution in [-0.4, -0.2) is 9.04 Å². The molecule has 20 heavy (non-hydrogen) atoms. The molecule has 2 aromatic carbocycles. The smallest absolute Gasteiger partial charge is 0.185 e. The van der Waals surface area contributed by atoms with Crippen molar-refractivity contribution in [1.82, 2.24) is 0 Å². The molecule has 1 atom stereocenters. The average Bonchev–Trinajstić information content (AvgIpc) is 2.47. The lowest BCUT2D eigenvalue weighted by Crippen LogP contribution is -2.18. The zero-order chi connectivity index (χ0) is 14.4. The van der Waals surface area contributed by atoms with E-state index in [9.17, 15) is 0 Å². The maximum absolute atomic E-state index is 6.32. The Morgan fingerprint density at radius 1 is 1.05 bits per heavy atom. The Hall–Kier alpha value is -1.64. The van der Waals surface area contributed by atoms with E-state index >= 15 is 0 Å². The van der Waals surface area contributed by atoms with Gasteiger partial charge in [0.05, 0.1) is 6.10 Å².